The number of nitrogens with one attached hydrogen (secondary N) is 1. The fourth-order valence-corrected chi connectivity index (χ4v) is 3.76. The zero-order valence-corrected chi connectivity index (χ0v) is 21.5. The van der Waals surface area contributed by atoms with Crippen molar-refractivity contribution in [2.24, 2.45) is 0 Å². The molecule has 0 bridgehead atoms. The number of hydrogen-bond donors (Lipinski definition) is 1. The first-order chi connectivity index (χ1) is 18.3. The highest BCUT2D eigenvalue weighted by atomic mass is 16.6. The summed E-state index contributed by atoms with van der Waals surface area (Å²) in [6.45, 7) is 6.26. The lowest BCUT2D eigenvalue weighted by atomic mass is 10.1. The predicted molar refractivity (Wildman–Crippen MR) is 140 cm³/mol. The number of carbonyl (C=O) groups excluding carboxylic acids is 3. The van der Waals surface area contributed by atoms with Crippen LogP contribution in [-0.4, -0.2) is 73.8 Å². The van der Waals surface area contributed by atoms with E-state index in [1.54, 1.807) is 36.1 Å². The number of ether oxygens (including phenoxy) is 3. The Balaban J connectivity index is 1.57. The molecule has 1 aliphatic heterocycles. The van der Waals surface area contributed by atoms with Crippen LogP contribution < -0.4 is 15.0 Å². The number of nitro benzene ring substituents is 1. The van der Waals surface area contributed by atoms with Crippen LogP contribution in [0.1, 0.15) is 37.0 Å². The largest absolute Gasteiger partial charge is 0.482 e. The van der Waals surface area contributed by atoms with Gasteiger partial charge in [-0.25, -0.2) is 9.59 Å². The molecule has 3 rings (SSSR count). The number of unbranched alkanes of at least 4 members (excludes halogenated alkanes) is 1. The van der Waals surface area contributed by atoms with E-state index in [0.29, 0.717) is 38.3 Å². The van der Waals surface area contributed by atoms with E-state index in [-0.39, 0.29) is 36.4 Å². The number of esters is 1. The summed E-state index contributed by atoms with van der Waals surface area (Å²) in [5.74, 6) is -1.01. The number of rotatable bonds is 11. The summed E-state index contributed by atoms with van der Waals surface area (Å²) in [5.41, 5.74) is 0.843. The highest BCUT2D eigenvalue weighted by Crippen LogP contribution is 2.30. The zero-order chi connectivity index (χ0) is 27.5. The molecule has 204 valence electrons. The Kier molecular flexibility index (Phi) is 10.3. The summed E-state index contributed by atoms with van der Waals surface area (Å²) in [4.78, 5) is 51.1. The lowest BCUT2D eigenvalue weighted by Crippen LogP contribution is -2.49. The van der Waals surface area contributed by atoms with Gasteiger partial charge in [-0.2, -0.15) is 0 Å². The average molecular weight is 529 g/mol. The number of benzene rings is 2. The summed E-state index contributed by atoms with van der Waals surface area (Å²) in [6.07, 6.45) is 1.51. The van der Waals surface area contributed by atoms with Gasteiger partial charge in [0, 0.05) is 37.4 Å². The maximum absolute atomic E-state index is 12.8. The maximum atomic E-state index is 12.8. The monoisotopic (exact) mass is 528 g/mol. The van der Waals surface area contributed by atoms with Crippen LogP contribution in [-0.2, 0) is 14.3 Å². The molecule has 0 radical (unpaired) electrons. The minimum atomic E-state index is -0.644. The van der Waals surface area contributed by atoms with Crippen LogP contribution >= 0.6 is 0 Å². The first kappa shape index (κ1) is 28.2. The number of hydrogen-bond acceptors (Lipinski definition) is 9. The molecule has 0 aromatic heterocycles. The second kappa shape index (κ2) is 13.8. The van der Waals surface area contributed by atoms with Crippen molar-refractivity contribution in [3.63, 3.8) is 0 Å². The molecule has 12 heteroatoms. The Morgan fingerprint density at radius 3 is 2.34 bits per heavy atom. The zero-order valence-electron chi connectivity index (χ0n) is 21.5. The van der Waals surface area contributed by atoms with Crippen LogP contribution in [0.15, 0.2) is 42.5 Å². The van der Waals surface area contributed by atoms with Crippen molar-refractivity contribution in [1.82, 2.24) is 4.90 Å². The van der Waals surface area contributed by atoms with E-state index in [4.69, 9.17) is 14.2 Å². The Bertz CT molecular complexity index is 1130. The Labute approximate surface area is 220 Å². The molecule has 38 heavy (non-hydrogen) atoms. The SMILES string of the molecule is CCCCOC(=O)N1CCN(c2ccc(C(=O)Nc3ccc(OCC(=O)OCC)cc3[N+](=O)[O-])cc2)CC1. The molecule has 1 fully saturated rings. The van der Waals surface area contributed by atoms with Crippen LogP contribution in [0.25, 0.3) is 0 Å². The topological polar surface area (TPSA) is 141 Å². The van der Waals surface area contributed by atoms with E-state index >= 15 is 0 Å². The molecule has 1 heterocycles. The molecule has 2 aromatic rings. The van der Waals surface area contributed by atoms with Gasteiger partial charge in [0.25, 0.3) is 11.6 Å². The van der Waals surface area contributed by atoms with Crippen molar-refractivity contribution >= 4 is 35.0 Å². The quantitative estimate of drug-likeness (QED) is 0.199. The Morgan fingerprint density at radius 2 is 1.71 bits per heavy atom. The van der Waals surface area contributed by atoms with Crippen LogP contribution in [0.4, 0.5) is 21.9 Å². The predicted octanol–water partition coefficient (Wildman–Crippen LogP) is 3.85. The minimum absolute atomic E-state index is 0.00509. The molecule has 2 aromatic carbocycles. The van der Waals surface area contributed by atoms with Gasteiger partial charge in [0.05, 0.1) is 24.2 Å². The Hall–Kier alpha value is -4.35. The van der Waals surface area contributed by atoms with E-state index in [0.717, 1.165) is 24.6 Å². The summed E-state index contributed by atoms with van der Waals surface area (Å²) >= 11 is 0. The summed E-state index contributed by atoms with van der Waals surface area (Å²) in [6, 6.07) is 10.8. The van der Waals surface area contributed by atoms with Crippen LogP contribution in [0.2, 0.25) is 0 Å². The minimum Gasteiger partial charge on any atom is -0.482 e. The van der Waals surface area contributed by atoms with Gasteiger partial charge in [0.15, 0.2) is 6.61 Å². The van der Waals surface area contributed by atoms with Crippen LogP contribution in [0, 0.1) is 10.1 Å². The molecular formula is C26H32N4O8. The van der Waals surface area contributed by atoms with Crippen molar-refractivity contribution in [2.75, 3.05) is 56.2 Å². The van der Waals surface area contributed by atoms with Gasteiger partial charge < -0.3 is 29.3 Å². The van der Waals surface area contributed by atoms with Crippen molar-refractivity contribution < 1.29 is 33.5 Å². The normalized spacial score (nSPS) is 13.0. The highest BCUT2D eigenvalue weighted by Gasteiger charge is 2.23. The van der Waals surface area contributed by atoms with Crippen molar-refractivity contribution in [3.8, 4) is 5.75 Å². The Morgan fingerprint density at radius 1 is 1.00 bits per heavy atom. The van der Waals surface area contributed by atoms with E-state index in [1.165, 1.54) is 12.1 Å². The van der Waals surface area contributed by atoms with E-state index < -0.39 is 16.8 Å². The standard InChI is InChI=1S/C26H32N4O8/c1-3-5-16-37-26(33)29-14-12-28(13-15-29)20-8-6-19(7-9-20)25(32)27-22-11-10-21(17-23(22)30(34)35)38-18-24(31)36-4-2/h6-11,17H,3-5,12-16,18H2,1-2H3,(H,27,32). The molecular weight excluding hydrogens is 496 g/mol. The van der Waals surface area contributed by atoms with E-state index in [9.17, 15) is 24.5 Å². The van der Waals surface area contributed by atoms with Crippen molar-refractivity contribution in [3.05, 3.63) is 58.1 Å². The lowest BCUT2D eigenvalue weighted by Gasteiger charge is -2.35. The number of nitro groups is 1. The molecule has 1 N–H and O–H groups in total. The first-order valence-electron chi connectivity index (χ1n) is 12.5. The molecule has 0 atom stereocenters. The van der Waals surface area contributed by atoms with Gasteiger partial charge in [0.1, 0.15) is 11.4 Å². The number of nitrogens with zero attached hydrogens (tertiary/aromatic N) is 3. The fraction of sp³-hybridized carbons (Fsp3) is 0.423. The molecule has 1 aliphatic rings. The smallest absolute Gasteiger partial charge is 0.409 e. The number of anilines is 2. The average Bonchev–Trinajstić information content (AvgIpc) is 2.92. The molecule has 0 unspecified atom stereocenters. The van der Waals surface area contributed by atoms with E-state index in [1.807, 2.05) is 6.92 Å². The van der Waals surface area contributed by atoms with E-state index in [2.05, 4.69) is 10.2 Å². The highest BCUT2D eigenvalue weighted by molar-refractivity contribution is 6.05. The molecule has 0 aliphatic carbocycles. The molecule has 2 amide bonds. The fourth-order valence-electron chi connectivity index (χ4n) is 3.76. The van der Waals surface area contributed by atoms with Gasteiger partial charge in [-0.05, 0) is 49.7 Å². The molecule has 12 nitrogen and oxygen atoms in total. The summed E-state index contributed by atoms with van der Waals surface area (Å²) in [5, 5.41) is 14.1. The van der Waals surface area contributed by atoms with Gasteiger partial charge in [-0.1, -0.05) is 13.3 Å². The first-order valence-corrected chi connectivity index (χ1v) is 12.5. The maximum Gasteiger partial charge on any atom is 0.409 e. The van der Waals surface area contributed by atoms with Gasteiger partial charge >= 0.3 is 12.1 Å². The second-order valence-corrected chi connectivity index (χ2v) is 8.47. The third-order valence-electron chi connectivity index (χ3n) is 5.83. The summed E-state index contributed by atoms with van der Waals surface area (Å²) in [7, 11) is 0. The van der Waals surface area contributed by atoms with Crippen molar-refractivity contribution in [2.45, 2.75) is 26.7 Å². The van der Waals surface area contributed by atoms with Crippen LogP contribution in [0.3, 0.4) is 0 Å². The van der Waals surface area contributed by atoms with Crippen LogP contribution in [0.5, 0.6) is 5.75 Å². The van der Waals surface area contributed by atoms with Crippen molar-refractivity contribution in [1.29, 1.82) is 0 Å². The van der Waals surface area contributed by atoms with Gasteiger partial charge in [0.2, 0.25) is 0 Å². The van der Waals surface area contributed by atoms with Gasteiger partial charge in [-0.3, -0.25) is 14.9 Å². The number of amides is 2. The second-order valence-electron chi connectivity index (χ2n) is 8.47. The third kappa shape index (κ3) is 7.82. The molecule has 0 spiro atoms. The third-order valence-corrected chi connectivity index (χ3v) is 5.83. The summed E-state index contributed by atoms with van der Waals surface area (Å²) < 4.78 is 15.3. The number of carbonyl (C=O) groups is 3. The molecule has 1 saturated heterocycles. The number of piperazine rings is 1. The van der Waals surface area contributed by atoms with Gasteiger partial charge in [-0.15, -0.1) is 0 Å². The molecule has 0 saturated carbocycles. The lowest BCUT2D eigenvalue weighted by molar-refractivity contribution is -0.384.